The van der Waals surface area contributed by atoms with Crippen molar-refractivity contribution >= 4 is 6.09 Å². The summed E-state index contributed by atoms with van der Waals surface area (Å²) in [5.74, 6) is 0.949. The second kappa shape index (κ2) is 18.5. The molecule has 1 heterocycles. The first-order chi connectivity index (χ1) is 26.7. The molecular formula is C47H53NO7. The fourth-order valence-electron chi connectivity index (χ4n) is 7.39. The highest BCUT2D eigenvalue weighted by Gasteiger charge is 2.43. The van der Waals surface area contributed by atoms with Gasteiger partial charge in [-0.15, -0.1) is 0 Å². The van der Waals surface area contributed by atoms with E-state index in [1.54, 1.807) is 12.0 Å². The SMILES string of the molecule is COc1ccccc1COCCCOc1ccc(C2C(O)CN(C(=O)OC(C)(C)C)CC2COC(c2ccccc2)(c2ccccc2)c2ccccc2)cc1. The van der Waals surface area contributed by atoms with Gasteiger partial charge in [0.1, 0.15) is 22.7 Å². The van der Waals surface area contributed by atoms with Crippen LogP contribution in [0, 0.1) is 5.92 Å². The Balaban J connectivity index is 1.22. The maximum Gasteiger partial charge on any atom is 0.410 e. The molecule has 1 amide bonds. The minimum Gasteiger partial charge on any atom is -0.496 e. The van der Waals surface area contributed by atoms with Gasteiger partial charge in [-0.05, 0) is 61.2 Å². The summed E-state index contributed by atoms with van der Waals surface area (Å²) in [4.78, 5) is 15.1. The molecule has 5 aromatic rings. The number of amides is 1. The highest BCUT2D eigenvalue weighted by molar-refractivity contribution is 5.68. The van der Waals surface area contributed by atoms with Crippen molar-refractivity contribution in [1.82, 2.24) is 4.90 Å². The number of aliphatic hydroxyl groups is 1. The number of hydrogen-bond acceptors (Lipinski definition) is 7. The first-order valence-electron chi connectivity index (χ1n) is 19.1. The number of carbonyl (C=O) groups excluding carboxylic acids is 1. The lowest BCUT2D eigenvalue weighted by atomic mass is 9.77. The Bertz CT molecular complexity index is 1820. The summed E-state index contributed by atoms with van der Waals surface area (Å²) >= 11 is 0. The van der Waals surface area contributed by atoms with Gasteiger partial charge in [0.15, 0.2) is 0 Å². The van der Waals surface area contributed by atoms with Gasteiger partial charge in [-0.3, -0.25) is 0 Å². The standard InChI is InChI=1S/C47H53NO7/c1-46(2,3)55-45(50)48-31-37(34-54-47(38-18-8-5-9-19-38,39-20-10-6-11-21-39)40-22-12-7-13-23-40)44(42(49)32-48)35-25-27-41(28-26-35)53-30-16-29-52-33-36-17-14-15-24-43(36)51-4/h5-15,17-28,37,42,44,49H,16,29-34H2,1-4H3. The van der Waals surface area contributed by atoms with E-state index in [1.807, 2.05) is 124 Å². The fraction of sp³-hybridized carbons (Fsp3) is 0.340. The minimum absolute atomic E-state index is 0.143. The third-order valence-electron chi connectivity index (χ3n) is 9.91. The number of aliphatic hydroxyl groups excluding tert-OH is 1. The quantitative estimate of drug-likeness (QED) is 0.0847. The lowest BCUT2D eigenvalue weighted by molar-refractivity contribution is -0.0596. The summed E-state index contributed by atoms with van der Waals surface area (Å²) < 4.78 is 30.4. The van der Waals surface area contributed by atoms with Gasteiger partial charge in [0.05, 0.1) is 46.2 Å². The Labute approximate surface area is 325 Å². The van der Waals surface area contributed by atoms with E-state index in [0.717, 1.165) is 45.7 Å². The lowest BCUT2D eigenvalue weighted by Crippen LogP contribution is -2.53. The minimum atomic E-state index is -0.956. The average molecular weight is 744 g/mol. The molecule has 8 nitrogen and oxygen atoms in total. The second-order valence-corrected chi connectivity index (χ2v) is 15.0. The highest BCUT2D eigenvalue weighted by Crippen LogP contribution is 2.43. The van der Waals surface area contributed by atoms with Crippen LogP contribution in [0.5, 0.6) is 11.5 Å². The molecule has 55 heavy (non-hydrogen) atoms. The number of likely N-dealkylation sites (tertiary alicyclic amines) is 1. The molecule has 3 unspecified atom stereocenters. The number of methoxy groups -OCH3 is 1. The van der Waals surface area contributed by atoms with E-state index in [2.05, 4.69) is 36.4 Å². The smallest absolute Gasteiger partial charge is 0.410 e. The molecule has 0 aromatic heterocycles. The van der Waals surface area contributed by atoms with Crippen molar-refractivity contribution in [3.8, 4) is 11.5 Å². The Kier molecular flexibility index (Phi) is 13.3. The zero-order valence-electron chi connectivity index (χ0n) is 32.3. The summed E-state index contributed by atoms with van der Waals surface area (Å²) in [6.45, 7) is 7.80. The zero-order valence-corrected chi connectivity index (χ0v) is 32.3. The van der Waals surface area contributed by atoms with E-state index in [0.29, 0.717) is 26.4 Å². The molecule has 1 fully saturated rings. The largest absolute Gasteiger partial charge is 0.496 e. The average Bonchev–Trinajstić information content (AvgIpc) is 3.20. The monoisotopic (exact) mass is 743 g/mol. The summed E-state index contributed by atoms with van der Waals surface area (Å²) in [5, 5.41) is 11.8. The second-order valence-electron chi connectivity index (χ2n) is 15.0. The first kappa shape index (κ1) is 39.5. The van der Waals surface area contributed by atoms with Crippen molar-refractivity contribution in [3.63, 3.8) is 0 Å². The van der Waals surface area contributed by atoms with E-state index in [1.165, 1.54) is 0 Å². The third-order valence-corrected chi connectivity index (χ3v) is 9.91. The van der Waals surface area contributed by atoms with Crippen molar-refractivity contribution in [2.45, 2.75) is 57.0 Å². The topological polar surface area (TPSA) is 86.7 Å². The van der Waals surface area contributed by atoms with Crippen LogP contribution >= 0.6 is 0 Å². The van der Waals surface area contributed by atoms with E-state index in [4.69, 9.17) is 23.7 Å². The molecule has 1 aliphatic rings. The van der Waals surface area contributed by atoms with Gasteiger partial charge >= 0.3 is 6.09 Å². The zero-order chi connectivity index (χ0) is 38.7. The van der Waals surface area contributed by atoms with Gasteiger partial charge in [0.25, 0.3) is 0 Å². The van der Waals surface area contributed by atoms with Crippen molar-refractivity contribution < 1.29 is 33.6 Å². The van der Waals surface area contributed by atoms with Gasteiger partial charge in [0, 0.05) is 30.4 Å². The van der Waals surface area contributed by atoms with Crippen LogP contribution in [-0.2, 0) is 26.4 Å². The van der Waals surface area contributed by atoms with Gasteiger partial charge in [0.2, 0.25) is 0 Å². The predicted molar refractivity (Wildman–Crippen MR) is 214 cm³/mol. The lowest BCUT2D eigenvalue weighted by Gasteiger charge is -2.44. The van der Waals surface area contributed by atoms with Crippen LogP contribution < -0.4 is 9.47 Å². The van der Waals surface area contributed by atoms with Crippen molar-refractivity contribution in [2.24, 2.45) is 5.92 Å². The number of nitrogens with zero attached hydrogens (tertiary/aromatic N) is 1. The molecule has 0 radical (unpaired) electrons. The number of para-hydroxylation sites is 1. The predicted octanol–water partition coefficient (Wildman–Crippen LogP) is 9.00. The molecule has 0 spiro atoms. The molecule has 0 bridgehead atoms. The maximum absolute atomic E-state index is 13.4. The summed E-state index contributed by atoms with van der Waals surface area (Å²) in [5.41, 5.74) is 3.27. The number of ether oxygens (including phenoxy) is 5. The summed E-state index contributed by atoms with van der Waals surface area (Å²) in [6, 6.07) is 46.4. The van der Waals surface area contributed by atoms with Crippen LogP contribution in [0.2, 0.25) is 0 Å². The van der Waals surface area contributed by atoms with Crippen LogP contribution in [0.15, 0.2) is 140 Å². The number of piperidine rings is 1. The highest BCUT2D eigenvalue weighted by atomic mass is 16.6. The van der Waals surface area contributed by atoms with E-state index in [-0.39, 0.29) is 25.0 Å². The molecule has 288 valence electrons. The van der Waals surface area contributed by atoms with Crippen LogP contribution in [0.1, 0.15) is 60.9 Å². The summed E-state index contributed by atoms with van der Waals surface area (Å²) in [6.07, 6.45) is -0.586. The fourth-order valence-corrected chi connectivity index (χ4v) is 7.39. The molecule has 1 saturated heterocycles. The number of hydrogen-bond donors (Lipinski definition) is 1. The molecule has 1 N–H and O–H groups in total. The van der Waals surface area contributed by atoms with E-state index >= 15 is 0 Å². The maximum atomic E-state index is 13.4. The van der Waals surface area contributed by atoms with Crippen LogP contribution in [0.25, 0.3) is 0 Å². The van der Waals surface area contributed by atoms with E-state index < -0.39 is 23.4 Å². The summed E-state index contributed by atoms with van der Waals surface area (Å²) in [7, 11) is 1.66. The number of rotatable bonds is 15. The van der Waals surface area contributed by atoms with Gasteiger partial charge in [-0.1, -0.05) is 121 Å². The van der Waals surface area contributed by atoms with Crippen LogP contribution in [0.4, 0.5) is 4.79 Å². The number of benzene rings is 5. The van der Waals surface area contributed by atoms with Crippen molar-refractivity contribution in [1.29, 1.82) is 0 Å². The molecule has 0 aliphatic carbocycles. The molecule has 8 heteroatoms. The molecular weight excluding hydrogens is 691 g/mol. The number of carbonyl (C=O) groups is 1. The normalized spacial score (nSPS) is 17.4. The molecule has 0 saturated carbocycles. The Morgan fingerprint density at radius 2 is 1.29 bits per heavy atom. The Hall–Kier alpha value is -5.15. The van der Waals surface area contributed by atoms with E-state index in [9.17, 15) is 9.90 Å². The molecule has 6 rings (SSSR count). The number of β-amino-alcohol motifs (C(OH)–C–C–N with tert-alkyl or cyclic N) is 1. The first-order valence-corrected chi connectivity index (χ1v) is 19.1. The van der Waals surface area contributed by atoms with Crippen molar-refractivity contribution in [2.75, 3.05) is 40.0 Å². The third kappa shape index (κ3) is 9.94. The van der Waals surface area contributed by atoms with Gasteiger partial charge in [-0.25, -0.2) is 4.79 Å². The Morgan fingerprint density at radius 1 is 0.727 bits per heavy atom. The van der Waals surface area contributed by atoms with Gasteiger partial charge < -0.3 is 33.7 Å². The Morgan fingerprint density at radius 3 is 1.85 bits per heavy atom. The molecule has 5 aromatic carbocycles. The molecule has 1 aliphatic heterocycles. The van der Waals surface area contributed by atoms with Crippen LogP contribution in [-0.4, -0.2) is 67.8 Å². The molecule has 3 atom stereocenters. The van der Waals surface area contributed by atoms with Crippen LogP contribution in [0.3, 0.4) is 0 Å². The van der Waals surface area contributed by atoms with Gasteiger partial charge in [-0.2, -0.15) is 0 Å². The van der Waals surface area contributed by atoms with Crippen molar-refractivity contribution in [3.05, 3.63) is 167 Å².